The van der Waals surface area contributed by atoms with Crippen LogP contribution < -0.4 is 16.0 Å². The quantitative estimate of drug-likeness (QED) is 0.828. The van der Waals surface area contributed by atoms with E-state index in [1.807, 2.05) is 25.1 Å². The van der Waals surface area contributed by atoms with E-state index in [-0.39, 0.29) is 5.56 Å². The molecule has 4 heteroatoms. The van der Waals surface area contributed by atoms with Crippen molar-refractivity contribution in [1.82, 2.24) is 4.98 Å². The van der Waals surface area contributed by atoms with Crippen LogP contribution in [0, 0.1) is 6.92 Å². The third kappa shape index (κ3) is 2.30. The first kappa shape index (κ1) is 11.3. The zero-order valence-electron chi connectivity index (χ0n) is 9.78. The molecule has 0 unspecified atom stereocenters. The molecule has 0 saturated carbocycles. The fraction of sp³-hybridized carbons (Fsp3) is 0.154. The lowest BCUT2D eigenvalue weighted by molar-refractivity contribution is 0.416. The number of hydrogen-bond acceptors (Lipinski definition) is 3. The summed E-state index contributed by atoms with van der Waals surface area (Å²) in [5.41, 5.74) is 8.13. The van der Waals surface area contributed by atoms with E-state index < -0.39 is 0 Å². The Morgan fingerprint density at radius 1 is 1.24 bits per heavy atom. The summed E-state index contributed by atoms with van der Waals surface area (Å²) in [5, 5.41) is 0. The minimum atomic E-state index is -0.219. The van der Waals surface area contributed by atoms with Crippen LogP contribution in [0.5, 0.6) is 5.75 Å². The Bertz CT molecular complexity index is 603. The smallest absolute Gasteiger partial charge is 0.250 e. The van der Waals surface area contributed by atoms with Crippen LogP contribution in [0.4, 0.5) is 5.82 Å². The van der Waals surface area contributed by atoms with Gasteiger partial charge in [-0.05, 0) is 30.7 Å². The second-order valence-electron chi connectivity index (χ2n) is 3.89. The highest BCUT2D eigenvalue weighted by Crippen LogP contribution is 2.30. The number of aromatic amines is 1. The second kappa shape index (κ2) is 4.33. The molecule has 0 saturated heterocycles. The van der Waals surface area contributed by atoms with E-state index in [1.54, 1.807) is 13.2 Å². The molecule has 0 spiro atoms. The molecule has 1 aromatic carbocycles. The van der Waals surface area contributed by atoms with Crippen molar-refractivity contribution in [3.05, 3.63) is 46.2 Å². The highest BCUT2D eigenvalue weighted by Gasteiger charge is 2.07. The van der Waals surface area contributed by atoms with Gasteiger partial charge in [-0.15, -0.1) is 0 Å². The number of methoxy groups -OCH3 is 1. The summed E-state index contributed by atoms with van der Waals surface area (Å²) in [4.78, 5) is 13.9. The van der Waals surface area contributed by atoms with Crippen molar-refractivity contribution in [2.24, 2.45) is 0 Å². The normalized spacial score (nSPS) is 10.2. The van der Waals surface area contributed by atoms with Crippen LogP contribution in [0.3, 0.4) is 0 Å². The molecule has 0 radical (unpaired) electrons. The van der Waals surface area contributed by atoms with Crippen LogP contribution in [-0.4, -0.2) is 12.1 Å². The van der Waals surface area contributed by atoms with Gasteiger partial charge in [0.25, 0.3) is 0 Å². The Labute approximate surface area is 99.1 Å². The summed E-state index contributed by atoms with van der Waals surface area (Å²) in [7, 11) is 1.60. The van der Waals surface area contributed by atoms with Crippen LogP contribution in [0.1, 0.15) is 5.56 Å². The van der Waals surface area contributed by atoms with Gasteiger partial charge in [0.2, 0.25) is 5.56 Å². The number of hydrogen-bond donors (Lipinski definition) is 2. The van der Waals surface area contributed by atoms with E-state index in [9.17, 15) is 4.79 Å². The van der Waals surface area contributed by atoms with Crippen LogP contribution >= 0.6 is 0 Å². The molecular formula is C13H14N2O2. The topological polar surface area (TPSA) is 68.1 Å². The number of anilines is 1. The van der Waals surface area contributed by atoms with Gasteiger partial charge in [0.05, 0.1) is 7.11 Å². The molecule has 0 aliphatic heterocycles. The van der Waals surface area contributed by atoms with Gasteiger partial charge in [0, 0.05) is 11.6 Å². The average Bonchev–Trinajstić information content (AvgIpc) is 2.27. The zero-order chi connectivity index (χ0) is 12.4. The predicted molar refractivity (Wildman–Crippen MR) is 68.2 cm³/mol. The molecule has 0 fully saturated rings. The maximum absolute atomic E-state index is 11.4. The molecule has 2 rings (SSSR count). The van der Waals surface area contributed by atoms with Crippen LogP contribution in [0.15, 0.2) is 35.1 Å². The van der Waals surface area contributed by atoms with Gasteiger partial charge in [0.1, 0.15) is 11.6 Å². The summed E-state index contributed by atoms with van der Waals surface area (Å²) >= 11 is 0. The molecule has 0 bridgehead atoms. The minimum absolute atomic E-state index is 0.219. The van der Waals surface area contributed by atoms with E-state index in [0.29, 0.717) is 5.82 Å². The number of nitrogens with two attached hydrogens (primary N) is 1. The Kier molecular flexibility index (Phi) is 2.87. The van der Waals surface area contributed by atoms with Gasteiger partial charge >= 0.3 is 0 Å². The number of pyridine rings is 1. The summed E-state index contributed by atoms with van der Waals surface area (Å²) in [6, 6.07) is 9.03. The highest BCUT2D eigenvalue weighted by atomic mass is 16.5. The Hall–Kier alpha value is -2.23. The Morgan fingerprint density at radius 3 is 2.65 bits per heavy atom. The first-order valence-corrected chi connectivity index (χ1v) is 5.25. The number of nitrogen functional groups attached to an aromatic ring is 1. The lowest BCUT2D eigenvalue weighted by atomic mass is 10.0. The number of aromatic nitrogens is 1. The standard InChI is InChI=1S/C13H14N2O2/c1-8-3-4-11(17-2)10(5-8)9-6-12(14)15-13(16)7-9/h3-7H,1-2H3,(H3,14,15,16). The molecule has 4 nitrogen and oxygen atoms in total. The largest absolute Gasteiger partial charge is 0.496 e. The minimum Gasteiger partial charge on any atom is -0.496 e. The Morgan fingerprint density at radius 2 is 2.00 bits per heavy atom. The van der Waals surface area contributed by atoms with Gasteiger partial charge in [-0.2, -0.15) is 0 Å². The SMILES string of the molecule is COc1ccc(C)cc1-c1cc(N)[nH]c(=O)c1. The molecule has 1 aromatic heterocycles. The summed E-state index contributed by atoms with van der Waals surface area (Å²) < 4.78 is 5.28. The maximum atomic E-state index is 11.4. The lowest BCUT2D eigenvalue weighted by Crippen LogP contribution is -2.07. The number of rotatable bonds is 2. The molecule has 88 valence electrons. The molecule has 0 aliphatic carbocycles. The van der Waals surface area contributed by atoms with Crippen molar-refractivity contribution >= 4 is 5.82 Å². The van der Waals surface area contributed by atoms with Crippen molar-refractivity contribution in [1.29, 1.82) is 0 Å². The third-order valence-corrected chi connectivity index (χ3v) is 2.53. The van der Waals surface area contributed by atoms with Gasteiger partial charge in [0.15, 0.2) is 0 Å². The molecular weight excluding hydrogens is 216 g/mol. The third-order valence-electron chi connectivity index (χ3n) is 2.53. The molecule has 1 heterocycles. The van der Waals surface area contributed by atoms with E-state index in [2.05, 4.69) is 4.98 Å². The first-order valence-electron chi connectivity index (χ1n) is 5.25. The van der Waals surface area contributed by atoms with Gasteiger partial charge in [-0.25, -0.2) is 0 Å². The molecule has 2 aromatic rings. The lowest BCUT2D eigenvalue weighted by Gasteiger charge is -2.09. The molecule has 0 amide bonds. The molecule has 0 atom stereocenters. The van der Waals surface area contributed by atoms with Gasteiger partial charge < -0.3 is 15.5 Å². The molecule has 3 N–H and O–H groups in total. The monoisotopic (exact) mass is 230 g/mol. The van der Waals surface area contributed by atoms with E-state index in [0.717, 1.165) is 22.4 Å². The maximum Gasteiger partial charge on any atom is 0.250 e. The van der Waals surface area contributed by atoms with E-state index in [1.165, 1.54) is 6.07 Å². The van der Waals surface area contributed by atoms with Crippen molar-refractivity contribution in [3.8, 4) is 16.9 Å². The summed E-state index contributed by atoms with van der Waals surface area (Å²) in [5.74, 6) is 1.07. The van der Waals surface area contributed by atoms with Crippen molar-refractivity contribution in [3.63, 3.8) is 0 Å². The van der Waals surface area contributed by atoms with E-state index in [4.69, 9.17) is 10.5 Å². The second-order valence-corrected chi connectivity index (χ2v) is 3.89. The summed E-state index contributed by atoms with van der Waals surface area (Å²) in [6.07, 6.45) is 0. The van der Waals surface area contributed by atoms with Crippen molar-refractivity contribution in [2.45, 2.75) is 6.92 Å². The molecule has 0 aliphatic rings. The highest BCUT2D eigenvalue weighted by molar-refractivity contribution is 5.72. The van der Waals surface area contributed by atoms with Crippen LogP contribution in [0.25, 0.3) is 11.1 Å². The van der Waals surface area contributed by atoms with E-state index >= 15 is 0 Å². The first-order chi connectivity index (χ1) is 8.10. The zero-order valence-corrected chi connectivity index (χ0v) is 9.78. The average molecular weight is 230 g/mol. The number of H-pyrrole nitrogens is 1. The summed E-state index contributed by atoms with van der Waals surface area (Å²) in [6.45, 7) is 1.99. The van der Waals surface area contributed by atoms with Crippen molar-refractivity contribution in [2.75, 3.05) is 12.8 Å². The van der Waals surface area contributed by atoms with Crippen LogP contribution in [-0.2, 0) is 0 Å². The number of nitrogens with one attached hydrogen (secondary N) is 1. The molecule has 17 heavy (non-hydrogen) atoms. The number of aryl methyl sites for hydroxylation is 1. The van der Waals surface area contributed by atoms with Crippen molar-refractivity contribution < 1.29 is 4.74 Å². The Balaban J connectivity index is 2.66. The fourth-order valence-electron chi connectivity index (χ4n) is 1.77. The number of benzene rings is 1. The fourth-order valence-corrected chi connectivity index (χ4v) is 1.77. The van der Waals surface area contributed by atoms with Gasteiger partial charge in [-0.1, -0.05) is 11.6 Å². The predicted octanol–water partition coefficient (Wildman–Crippen LogP) is 1.94. The van der Waals surface area contributed by atoms with Crippen LogP contribution in [0.2, 0.25) is 0 Å². The number of ether oxygens (including phenoxy) is 1. The van der Waals surface area contributed by atoms with Gasteiger partial charge in [-0.3, -0.25) is 4.79 Å².